The summed E-state index contributed by atoms with van der Waals surface area (Å²) < 4.78 is 15.1. The first kappa shape index (κ1) is 16.6. The lowest BCUT2D eigenvalue weighted by atomic mass is 10.2. The molecule has 0 bridgehead atoms. The summed E-state index contributed by atoms with van der Waals surface area (Å²) in [6.07, 6.45) is 1.56. The van der Waals surface area contributed by atoms with Crippen LogP contribution in [0.1, 0.15) is 6.42 Å². The zero-order valence-corrected chi connectivity index (χ0v) is 13.8. The number of rotatable bonds is 5. The van der Waals surface area contributed by atoms with Crippen molar-refractivity contribution in [3.8, 4) is 11.5 Å². The average molecular weight is 346 g/mol. The van der Waals surface area contributed by atoms with Crippen LogP contribution in [-0.4, -0.2) is 43.9 Å². The highest BCUT2D eigenvalue weighted by atomic mass is 16.5. The van der Waals surface area contributed by atoms with E-state index in [2.05, 4.69) is 20.3 Å². The summed E-state index contributed by atoms with van der Waals surface area (Å²) in [5.74, 6) is 1.34. The minimum absolute atomic E-state index is 0.0843. The predicted octanol–water partition coefficient (Wildman–Crippen LogP) is 1.62. The summed E-state index contributed by atoms with van der Waals surface area (Å²) in [4.78, 5) is 25.8. The van der Waals surface area contributed by atoms with Crippen molar-refractivity contribution >= 4 is 23.4 Å². The van der Waals surface area contributed by atoms with Crippen LogP contribution in [0.25, 0.3) is 0 Å². The fourth-order valence-electron chi connectivity index (χ4n) is 2.66. The number of carbonyl (C=O) groups is 2. The van der Waals surface area contributed by atoms with Crippen LogP contribution in [0.4, 0.5) is 16.3 Å². The Morgan fingerprint density at radius 2 is 2.08 bits per heavy atom. The number of benzene rings is 1. The predicted molar refractivity (Wildman–Crippen MR) is 89.0 cm³/mol. The molecule has 9 heteroatoms. The monoisotopic (exact) mass is 346 g/mol. The summed E-state index contributed by atoms with van der Waals surface area (Å²) in [6, 6.07) is 6.01. The molecule has 3 rings (SSSR count). The van der Waals surface area contributed by atoms with E-state index in [4.69, 9.17) is 9.47 Å². The van der Waals surface area contributed by atoms with Gasteiger partial charge >= 0.3 is 6.03 Å². The van der Waals surface area contributed by atoms with Gasteiger partial charge in [0.15, 0.2) is 17.3 Å². The van der Waals surface area contributed by atoms with Crippen molar-refractivity contribution in [3.05, 3.63) is 30.5 Å². The number of aromatic nitrogens is 1. The number of hydrogen-bond donors (Lipinski definition) is 2. The molecule has 25 heavy (non-hydrogen) atoms. The van der Waals surface area contributed by atoms with Crippen LogP contribution in [0, 0.1) is 0 Å². The van der Waals surface area contributed by atoms with E-state index in [-0.39, 0.29) is 18.4 Å². The van der Waals surface area contributed by atoms with Gasteiger partial charge in [0.1, 0.15) is 6.26 Å². The third kappa shape index (κ3) is 3.65. The van der Waals surface area contributed by atoms with Crippen LogP contribution in [-0.2, 0) is 4.79 Å². The number of urea groups is 1. The molecule has 1 aliphatic heterocycles. The molecule has 9 nitrogen and oxygen atoms in total. The third-order valence-corrected chi connectivity index (χ3v) is 3.82. The van der Waals surface area contributed by atoms with E-state index in [0.717, 1.165) is 0 Å². The maximum absolute atomic E-state index is 12.3. The van der Waals surface area contributed by atoms with Crippen molar-refractivity contribution in [2.45, 2.75) is 12.5 Å². The number of anilines is 2. The summed E-state index contributed by atoms with van der Waals surface area (Å²) >= 11 is 0. The lowest BCUT2D eigenvalue weighted by Crippen LogP contribution is -2.39. The van der Waals surface area contributed by atoms with Crippen LogP contribution in [0.15, 0.2) is 35.1 Å². The molecule has 0 saturated carbocycles. The maximum atomic E-state index is 12.3. The minimum atomic E-state index is -0.444. The zero-order valence-electron chi connectivity index (χ0n) is 13.8. The fourth-order valence-corrected chi connectivity index (χ4v) is 2.66. The number of methoxy groups -OCH3 is 2. The molecule has 1 aromatic heterocycles. The van der Waals surface area contributed by atoms with Crippen molar-refractivity contribution < 1.29 is 23.6 Å². The zero-order chi connectivity index (χ0) is 17.8. The van der Waals surface area contributed by atoms with E-state index < -0.39 is 6.03 Å². The van der Waals surface area contributed by atoms with Crippen LogP contribution < -0.4 is 25.0 Å². The molecule has 2 heterocycles. The van der Waals surface area contributed by atoms with E-state index in [1.54, 1.807) is 30.2 Å². The van der Waals surface area contributed by atoms with Crippen molar-refractivity contribution in [1.82, 2.24) is 10.5 Å². The summed E-state index contributed by atoms with van der Waals surface area (Å²) in [6.45, 7) is 0.362. The molecular formula is C16H18N4O5. The second kappa shape index (κ2) is 7.12. The van der Waals surface area contributed by atoms with Gasteiger partial charge in [0.05, 0.1) is 20.3 Å². The molecule has 1 aromatic carbocycles. The highest BCUT2D eigenvalue weighted by molar-refractivity contribution is 5.97. The second-order valence-corrected chi connectivity index (χ2v) is 5.43. The molecule has 1 saturated heterocycles. The van der Waals surface area contributed by atoms with Crippen molar-refractivity contribution in [1.29, 1.82) is 0 Å². The molecule has 0 unspecified atom stereocenters. The first-order chi connectivity index (χ1) is 12.1. The van der Waals surface area contributed by atoms with E-state index in [1.165, 1.54) is 19.4 Å². The molecule has 1 fully saturated rings. The van der Waals surface area contributed by atoms with Crippen LogP contribution in [0.3, 0.4) is 0 Å². The Morgan fingerprint density at radius 1 is 1.28 bits per heavy atom. The van der Waals surface area contributed by atoms with Crippen LogP contribution in [0.5, 0.6) is 11.5 Å². The summed E-state index contributed by atoms with van der Waals surface area (Å²) in [7, 11) is 3.08. The summed E-state index contributed by atoms with van der Waals surface area (Å²) in [5.41, 5.74) is 0.684. The molecule has 0 spiro atoms. The quantitative estimate of drug-likeness (QED) is 0.852. The molecule has 3 amide bonds. The Kier molecular flexibility index (Phi) is 4.73. The Balaban J connectivity index is 1.65. The van der Waals surface area contributed by atoms with Gasteiger partial charge in [-0.15, -0.1) is 0 Å². The first-order valence-electron chi connectivity index (χ1n) is 7.61. The first-order valence-corrected chi connectivity index (χ1v) is 7.61. The van der Waals surface area contributed by atoms with Gasteiger partial charge in [-0.3, -0.25) is 10.1 Å². The van der Waals surface area contributed by atoms with Crippen LogP contribution in [0.2, 0.25) is 0 Å². The van der Waals surface area contributed by atoms with E-state index >= 15 is 0 Å². The third-order valence-electron chi connectivity index (χ3n) is 3.82. The van der Waals surface area contributed by atoms with Gasteiger partial charge in [-0.25, -0.2) is 4.79 Å². The molecule has 2 N–H and O–H groups in total. The Hall–Kier alpha value is -3.23. The fraction of sp³-hybridized carbons (Fsp3) is 0.312. The molecule has 1 atom stereocenters. The van der Waals surface area contributed by atoms with Crippen molar-refractivity contribution in [2.75, 3.05) is 31.0 Å². The highest BCUT2D eigenvalue weighted by Gasteiger charge is 2.32. The van der Waals surface area contributed by atoms with Gasteiger partial charge in [-0.1, -0.05) is 5.16 Å². The molecule has 2 aromatic rings. The molecule has 0 radical (unpaired) electrons. The Morgan fingerprint density at radius 3 is 2.76 bits per heavy atom. The maximum Gasteiger partial charge on any atom is 0.320 e. The SMILES string of the molecule is COc1ccc(N2C[C@H](NC(=O)Nc3ccon3)CC2=O)cc1OC. The van der Waals surface area contributed by atoms with Gasteiger partial charge < -0.3 is 24.2 Å². The lowest BCUT2D eigenvalue weighted by Gasteiger charge is -2.19. The van der Waals surface area contributed by atoms with E-state index in [9.17, 15) is 9.59 Å². The van der Waals surface area contributed by atoms with Gasteiger partial charge in [0, 0.05) is 30.8 Å². The Labute approximate surface area is 143 Å². The number of carbonyl (C=O) groups excluding carboxylic acids is 2. The van der Waals surface area contributed by atoms with Crippen LogP contribution >= 0.6 is 0 Å². The Bertz CT molecular complexity index is 762. The number of amides is 3. The lowest BCUT2D eigenvalue weighted by molar-refractivity contribution is -0.117. The normalized spacial score (nSPS) is 16.6. The molecule has 1 aliphatic rings. The second-order valence-electron chi connectivity index (χ2n) is 5.43. The molecular weight excluding hydrogens is 328 g/mol. The van der Waals surface area contributed by atoms with Gasteiger partial charge in [-0.2, -0.15) is 0 Å². The average Bonchev–Trinajstić information content (AvgIpc) is 3.23. The van der Waals surface area contributed by atoms with E-state index in [1.807, 2.05) is 0 Å². The standard InChI is InChI=1S/C16H18N4O5/c1-23-12-4-3-11(8-13(12)24-2)20-9-10(7-15(20)21)17-16(22)18-14-5-6-25-19-14/h3-6,8,10H,7,9H2,1-2H3,(H2,17,18,19,22)/t10-/m1/s1. The minimum Gasteiger partial charge on any atom is -0.493 e. The van der Waals surface area contributed by atoms with Crippen molar-refractivity contribution in [2.24, 2.45) is 0 Å². The highest BCUT2D eigenvalue weighted by Crippen LogP contribution is 2.33. The molecule has 0 aliphatic carbocycles. The molecule has 132 valence electrons. The topological polar surface area (TPSA) is 106 Å². The number of hydrogen-bond acceptors (Lipinski definition) is 6. The number of nitrogens with one attached hydrogen (secondary N) is 2. The van der Waals surface area contributed by atoms with Gasteiger partial charge in [0.25, 0.3) is 0 Å². The summed E-state index contributed by atoms with van der Waals surface area (Å²) in [5, 5.41) is 8.87. The number of ether oxygens (including phenoxy) is 2. The largest absolute Gasteiger partial charge is 0.493 e. The number of nitrogens with zero attached hydrogens (tertiary/aromatic N) is 2. The smallest absolute Gasteiger partial charge is 0.320 e. The van der Waals surface area contributed by atoms with E-state index in [0.29, 0.717) is 29.5 Å². The van der Waals surface area contributed by atoms with Gasteiger partial charge in [0.2, 0.25) is 5.91 Å². The van der Waals surface area contributed by atoms with Crippen molar-refractivity contribution in [3.63, 3.8) is 0 Å². The van der Waals surface area contributed by atoms with Gasteiger partial charge in [-0.05, 0) is 12.1 Å².